The molecule has 2 fully saturated rings. The number of aliphatic hydroxyl groups excluding tert-OH is 1. The number of fused-ring (bicyclic) bond motifs is 1. The average Bonchev–Trinajstić information content (AvgIpc) is 3.23. The van der Waals surface area contributed by atoms with E-state index in [-0.39, 0.29) is 17.8 Å². The highest BCUT2D eigenvalue weighted by Gasteiger charge is 2.24. The topological polar surface area (TPSA) is 102 Å². The molecule has 1 unspecified atom stereocenters. The van der Waals surface area contributed by atoms with Crippen LogP contribution in [0.15, 0.2) is 0 Å². The molecule has 2 aliphatic heterocycles. The molecule has 3 N–H and O–H groups in total. The summed E-state index contributed by atoms with van der Waals surface area (Å²) >= 11 is 6.36. The normalized spacial score (nSPS) is 18.9. The molecular weight excluding hydrogens is 368 g/mol. The molecule has 2 aliphatic rings. The van der Waals surface area contributed by atoms with Crippen LogP contribution < -0.4 is 20.4 Å². The summed E-state index contributed by atoms with van der Waals surface area (Å²) in [5.41, 5.74) is 1.15. The first-order valence-corrected chi connectivity index (χ1v) is 9.87. The summed E-state index contributed by atoms with van der Waals surface area (Å²) in [6.07, 6.45) is 2.28. The van der Waals surface area contributed by atoms with Gasteiger partial charge in [0.25, 0.3) is 0 Å². The van der Waals surface area contributed by atoms with Crippen molar-refractivity contribution in [3.8, 4) is 0 Å². The fourth-order valence-electron chi connectivity index (χ4n) is 3.43. The molecule has 27 heavy (non-hydrogen) atoms. The lowest BCUT2D eigenvalue weighted by molar-refractivity contribution is 0.281. The molecule has 0 aliphatic carbocycles. The monoisotopic (exact) mass is 392 g/mol. The van der Waals surface area contributed by atoms with Gasteiger partial charge in [0.05, 0.1) is 6.61 Å². The van der Waals surface area contributed by atoms with Gasteiger partial charge in [-0.1, -0.05) is 11.6 Å². The van der Waals surface area contributed by atoms with Gasteiger partial charge in [0.15, 0.2) is 28.0 Å². The van der Waals surface area contributed by atoms with Gasteiger partial charge in [-0.05, 0) is 19.8 Å². The lowest BCUT2D eigenvalue weighted by atomic mass is 10.3. The van der Waals surface area contributed by atoms with Gasteiger partial charge in [-0.3, -0.25) is 0 Å². The number of piperazine rings is 1. The number of nitrogens with zero attached hydrogens (tertiary/aromatic N) is 6. The molecule has 0 bridgehead atoms. The Morgan fingerprint density at radius 2 is 1.81 bits per heavy atom. The van der Waals surface area contributed by atoms with Crippen molar-refractivity contribution in [3.63, 3.8) is 0 Å². The second-order valence-electron chi connectivity index (χ2n) is 7.04. The Labute approximate surface area is 163 Å². The lowest BCUT2D eigenvalue weighted by Gasteiger charge is -2.28. The van der Waals surface area contributed by atoms with Crippen LogP contribution in [0, 0.1) is 0 Å². The molecule has 2 aromatic rings. The molecule has 1 atom stereocenters. The molecule has 0 aromatic carbocycles. The minimum absolute atomic E-state index is 0.0229. The van der Waals surface area contributed by atoms with E-state index < -0.39 is 0 Å². The quantitative estimate of drug-likeness (QED) is 0.684. The van der Waals surface area contributed by atoms with Gasteiger partial charge in [0.2, 0.25) is 5.95 Å². The number of anilines is 3. The van der Waals surface area contributed by atoms with Crippen LogP contribution in [0.1, 0.15) is 19.8 Å². The second kappa shape index (κ2) is 7.95. The smallest absolute Gasteiger partial charge is 0.229 e. The Bertz CT molecular complexity index is 807. The second-order valence-corrected chi connectivity index (χ2v) is 7.40. The predicted molar refractivity (Wildman–Crippen MR) is 107 cm³/mol. The van der Waals surface area contributed by atoms with Crippen LogP contribution in [0.3, 0.4) is 0 Å². The van der Waals surface area contributed by atoms with Crippen molar-refractivity contribution in [1.82, 2.24) is 25.3 Å². The number of rotatable bonds is 5. The molecule has 4 heterocycles. The summed E-state index contributed by atoms with van der Waals surface area (Å²) in [7, 11) is 0. The molecule has 146 valence electrons. The summed E-state index contributed by atoms with van der Waals surface area (Å²) in [5.74, 6) is 1.92. The minimum Gasteiger partial charge on any atom is -0.394 e. The largest absolute Gasteiger partial charge is 0.394 e. The Kier molecular flexibility index (Phi) is 5.42. The molecule has 4 rings (SSSR count). The van der Waals surface area contributed by atoms with Crippen molar-refractivity contribution in [2.24, 2.45) is 0 Å². The van der Waals surface area contributed by atoms with E-state index >= 15 is 0 Å². The maximum absolute atomic E-state index is 9.30. The van der Waals surface area contributed by atoms with Gasteiger partial charge >= 0.3 is 0 Å². The van der Waals surface area contributed by atoms with E-state index in [1.807, 2.05) is 6.92 Å². The van der Waals surface area contributed by atoms with Crippen molar-refractivity contribution >= 4 is 40.3 Å². The fraction of sp³-hybridized carbons (Fsp3) is 0.647. The van der Waals surface area contributed by atoms with E-state index in [0.29, 0.717) is 22.9 Å². The fourth-order valence-corrected chi connectivity index (χ4v) is 3.61. The van der Waals surface area contributed by atoms with E-state index in [2.05, 4.69) is 30.4 Å². The van der Waals surface area contributed by atoms with E-state index in [9.17, 15) is 5.11 Å². The van der Waals surface area contributed by atoms with Gasteiger partial charge in [-0.2, -0.15) is 9.97 Å². The molecule has 0 saturated carbocycles. The van der Waals surface area contributed by atoms with E-state index in [4.69, 9.17) is 21.6 Å². The highest BCUT2D eigenvalue weighted by molar-refractivity contribution is 6.32. The number of hydrogen-bond donors (Lipinski definition) is 3. The number of hydrogen-bond acceptors (Lipinski definition) is 9. The van der Waals surface area contributed by atoms with Gasteiger partial charge < -0.3 is 25.5 Å². The molecule has 0 radical (unpaired) electrons. The number of aliphatic hydroxyl groups is 1. The molecule has 2 saturated heterocycles. The summed E-state index contributed by atoms with van der Waals surface area (Å²) < 4.78 is 0. The van der Waals surface area contributed by atoms with Crippen molar-refractivity contribution in [2.45, 2.75) is 25.8 Å². The van der Waals surface area contributed by atoms with Crippen molar-refractivity contribution in [3.05, 3.63) is 5.15 Å². The summed E-state index contributed by atoms with van der Waals surface area (Å²) in [6, 6.07) is -0.179. The van der Waals surface area contributed by atoms with Gasteiger partial charge in [0.1, 0.15) is 0 Å². The van der Waals surface area contributed by atoms with Crippen LogP contribution in [-0.2, 0) is 0 Å². The van der Waals surface area contributed by atoms with E-state index in [1.54, 1.807) is 0 Å². The Morgan fingerprint density at radius 1 is 1.07 bits per heavy atom. The van der Waals surface area contributed by atoms with Crippen LogP contribution in [-0.4, -0.2) is 77.0 Å². The maximum Gasteiger partial charge on any atom is 0.229 e. The highest BCUT2D eigenvalue weighted by Crippen LogP contribution is 2.30. The maximum atomic E-state index is 9.30. The number of nitrogens with one attached hydrogen (secondary N) is 2. The first-order valence-electron chi connectivity index (χ1n) is 9.49. The van der Waals surface area contributed by atoms with Crippen LogP contribution in [0.4, 0.5) is 17.6 Å². The van der Waals surface area contributed by atoms with E-state index in [1.165, 1.54) is 0 Å². The zero-order chi connectivity index (χ0) is 18.8. The third-order valence-electron chi connectivity index (χ3n) is 4.92. The van der Waals surface area contributed by atoms with Crippen molar-refractivity contribution in [1.29, 1.82) is 0 Å². The zero-order valence-corrected chi connectivity index (χ0v) is 16.2. The molecule has 10 heteroatoms. The average molecular weight is 393 g/mol. The van der Waals surface area contributed by atoms with Crippen LogP contribution >= 0.6 is 11.6 Å². The zero-order valence-electron chi connectivity index (χ0n) is 15.4. The predicted octanol–water partition coefficient (Wildman–Crippen LogP) is 0.876. The third-order valence-corrected chi connectivity index (χ3v) is 5.18. The summed E-state index contributed by atoms with van der Waals surface area (Å²) in [6.45, 7) is 7.27. The van der Waals surface area contributed by atoms with Crippen molar-refractivity contribution in [2.75, 3.05) is 61.0 Å². The standard InChI is InChI=1S/C17H25ClN8O/c1-11(10-27)20-15-13(18)21-12-14(22-15)23-17(26-8-4-19-5-9-26)24-16(12)25-6-2-3-7-25/h11,19,27H,2-10H2,1H3,(H,20,22,23,24). The van der Waals surface area contributed by atoms with E-state index in [0.717, 1.165) is 57.9 Å². The van der Waals surface area contributed by atoms with Crippen molar-refractivity contribution < 1.29 is 5.11 Å². The lowest BCUT2D eigenvalue weighted by Crippen LogP contribution is -2.44. The van der Waals surface area contributed by atoms with Gasteiger partial charge in [-0.25, -0.2) is 9.97 Å². The number of halogens is 1. The summed E-state index contributed by atoms with van der Waals surface area (Å²) in [4.78, 5) is 23.1. The summed E-state index contributed by atoms with van der Waals surface area (Å²) in [5, 5.41) is 16.0. The first-order chi connectivity index (χ1) is 13.2. The van der Waals surface area contributed by atoms with Crippen LogP contribution in [0.2, 0.25) is 5.15 Å². The highest BCUT2D eigenvalue weighted by atomic mass is 35.5. The Hall–Kier alpha value is -1.97. The van der Waals surface area contributed by atoms with Crippen LogP contribution in [0.25, 0.3) is 11.2 Å². The first kappa shape index (κ1) is 18.4. The van der Waals surface area contributed by atoms with Gasteiger partial charge in [-0.15, -0.1) is 0 Å². The molecular formula is C17H25ClN8O. The molecule has 2 aromatic heterocycles. The molecule has 0 spiro atoms. The molecule has 9 nitrogen and oxygen atoms in total. The van der Waals surface area contributed by atoms with Gasteiger partial charge in [0, 0.05) is 45.3 Å². The minimum atomic E-state index is -0.179. The SMILES string of the molecule is CC(CO)Nc1nc2nc(N3CCNCC3)nc(N3CCCC3)c2nc1Cl. The number of aromatic nitrogens is 4. The van der Waals surface area contributed by atoms with Crippen LogP contribution in [0.5, 0.6) is 0 Å². The third kappa shape index (κ3) is 3.85. The Balaban J connectivity index is 1.80. The molecule has 0 amide bonds. The Morgan fingerprint density at radius 3 is 2.52 bits per heavy atom.